The van der Waals surface area contributed by atoms with Gasteiger partial charge >= 0.3 is 5.97 Å². The molecule has 0 amide bonds. The second-order valence-corrected chi connectivity index (χ2v) is 4.43. The lowest BCUT2D eigenvalue weighted by molar-refractivity contribution is -0.156. The Bertz CT molecular complexity index is 270. The Labute approximate surface area is 91.9 Å². The first kappa shape index (κ1) is 7.88. The van der Waals surface area contributed by atoms with Crippen molar-refractivity contribution >= 4 is 16.0 Å². The molecule has 0 spiro atoms. The highest BCUT2D eigenvalue weighted by Gasteiger charge is 2.30. The molecule has 0 aliphatic heterocycles. The number of hydrogen-bond acceptors (Lipinski definition) is 3. The maximum atomic E-state index is 10.9. The van der Waals surface area contributed by atoms with Crippen LogP contribution in [0.3, 0.4) is 0 Å². The van der Waals surface area contributed by atoms with Crippen LogP contribution in [0, 0.1) is 5.92 Å². The highest BCUT2D eigenvalue weighted by Crippen LogP contribution is 2.29. The summed E-state index contributed by atoms with van der Waals surface area (Å²) in [5, 5.41) is 9.68. The van der Waals surface area contributed by atoms with Crippen molar-refractivity contribution in [3.05, 3.63) is 0 Å². The SMILES string of the molecule is [3H][Si]([3H])([3H])CCC1CCC(O)C(OC(C)=O)C1. The number of carbonyl (C=O) groups is 1. The Balaban J connectivity index is 2.41. The third-order valence-electron chi connectivity index (χ3n) is 2.74. The Morgan fingerprint density at radius 3 is 3.14 bits per heavy atom. The van der Waals surface area contributed by atoms with Gasteiger partial charge in [0.1, 0.15) is 6.10 Å². The topological polar surface area (TPSA) is 46.5 Å². The smallest absolute Gasteiger partial charge is 0.302 e. The molecule has 82 valence electrons. The Kier molecular flexibility index (Phi) is 3.10. The summed E-state index contributed by atoms with van der Waals surface area (Å²) in [5.41, 5.74) is 0. The van der Waals surface area contributed by atoms with E-state index in [4.69, 9.17) is 8.44 Å². The number of hydrogen-bond donors (Lipinski definition) is 1. The summed E-state index contributed by atoms with van der Waals surface area (Å²) in [6, 6.07) is 0.320. The molecule has 0 heterocycles. The van der Waals surface area contributed by atoms with E-state index in [9.17, 15) is 9.90 Å². The van der Waals surface area contributed by atoms with Gasteiger partial charge in [0.15, 0.2) is 0 Å². The molecule has 1 saturated carbocycles. The van der Waals surface area contributed by atoms with Crippen molar-refractivity contribution in [1.29, 1.82) is 3.70 Å². The average Bonchev–Trinajstić information content (AvgIpc) is 2.17. The molecule has 1 fully saturated rings. The lowest BCUT2D eigenvalue weighted by Gasteiger charge is -2.32. The van der Waals surface area contributed by atoms with Crippen molar-refractivity contribution in [2.45, 2.75) is 50.9 Å². The minimum Gasteiger partial charge on any atom is -0.460 e. The van der Waals surface area contributed by atoms with Gasteiger partial charge in [-0.3, -0.25) is 4.79 Å². The fourth-order valence-corrected chi connectivity index (χ4v) is 2.41. The van der Waals surface area contributed by atoms with Crippen LogP contribution in [0.1, 0.15) is 32.6 Å². The summed E-state index contributed by atoms with van der Waals surface area (Å²) in [6.07, 6.45) is 1.61. The quantitative estimate of drug-likeness (QED) is 0.548. The average molecular weight is 222 g/mol. The number of aliphatic hydroxyl groups is 1. The Hall–Kier alpha value is -0.353. The molecule has 3 unspecified atom stereocenters. The van der Waals surface area contributed by atoms with Gasteiger partial charge in [0.2, 0.25) is 0 Å². The van der Waals surface area contributed by atoms with Crippen LogP contribution < -0.4 is 0 Å². The molecule has 0 aromatic carbocycles. The van der Waals surface area contributed by atoms with Gasteiger partial charge in [-0.1, -0.05) is 12.5 Å². The first-order valence-corrected chi connectivity index (χ1v) is 5.84. The Morgan fingerprint density at radius 1 is 1.71 bits per heavy atom. The second-order valence-electron chi connectivity index (χ2n) is 3.93. The zero-order valence-corrected chi connectivity index (χ0v) is 9.53. The lowest BCUT2D eigenvalue weighted by Crippen LogP contribution is -2.37. The summed E-state index contributed by atoms with van der Waals surface area (Å²) in [7, 11) is -3.23. The summed E-state index contributed by atoms with van der Waals surface area (Å²) in [4.78, 5) is 10.9. The number of rotatable bonds is 4. The van der Waals surface area contributed by atoms with Crippen LogP contribution in [0.5, 0.6) is 0 Å². The van der Waals surface area contributed by atoms with Crippen molar-refractivity contribution < 1.29 is 14.6 Å². The van der Waals surface area contributed by atoms with Gasteiger partial charge < -0.3 is 9.84 Å². The van der Waals surface area contributed by atoms with Gasteiger partial charge in [0, 0.05) is 20.7 Å². The van der Waals surface area contributed by atoms with E-state index < -0.39 is 22.2 Å². The van der Waals surface area contributed by atoms with Crippen molar-refractivity contribution in [3.63, 3.8) is 0 Å². The van der Waals surface area contributed by atoms with Gasteiger partial charge in [-0.15, -0.1) is 0 Å². The highest BCUT2D eigenvalue weighted by molar-refractivity contribution is 6.08. The van der Waals surface area contributed by atoms with E-state index in [-0.39, 0.29) is 11.9 Å². The highest BCUT2D eigenvalue weighted by atomic mass is 28.1. The third-order valence-corrected chi connectivity index (χ3v) is 3.02. The Morgan fingerprint density at radius 2 is 2.50 bits per heavy atom. The molecule has 1 rings (SSSR count). The molecule has 0 radical (unpaired) electrons. The molecule has 0 bridgehead atoms. The van der Waals surface area contributed by atoms with Gasteiger partial charge in [-0.05, 0) is 25.2 Å². The number of esters is 1. The number of carbonyl (C=O) groups excluding carboxylic acids is 1. The minimum atomic E-state index is -3.23. The normalized spacial score (nSPS) is 36.7. The first-order chi connectivity index (χ1) is 7.78. The largest absolute Gasteiger partial charge is 0.460 e. The van der Waals surface area contributed by atoms with Gasteiger partial charge in [-0.25, -0.2) is 0 Å². The van der Waals surface area contributed by atoms with Crippen LogP contribution >= 0.6 is 0 Å². The summed E-state index contributed by atoms with van der Waals surface area (Å²) in [5.74, 6) is -0.129. The summed E-state index contributed by atoms with van der Waals surface area (Å²) >= 11 is 0. The minimum absolute atomic E-state index is 0.260. The standard InChI is InChI=1S/C10H20O3Si/c1-7(11)13-10-6-8(4-5-14)2-3-9(10)12/h8-10,12H,2-6H2,1,14H3/i14T3. The fourth-order valence-electron chi connectivity index (χ4n) is 2.00. The van der Waals surface area contributed by atoms with E-state index in [1.807, 2.05) is 0 Å². The van der Waals surface area contributed by atoms with E-state index in [1.165, 1.54) is 6.92 Å². The van der Waals surface area contributed by atoms with Gasteiger partial charge in [-0.2, -0.15) is 0 Å². The first-order valence-electron chi connectivity index (χ1n) is 6.63. The molecule has 3 nitrogen and oxygen atoms in total. The predicted octanol–water partition coefficient (Wildman–Crippen LogP) is 0.253. The molecule has 4 heteroatoms. The molecule has 14 heavy (non-hydrogen) atoms. The van der Waals surface area contributed by atoms with E-state index in [1.54, 1.807) is 0 Å². The number of aliphatic hydroxyl groups excluding tert-OH is 1. The molecule has 3 atom stereocenters. The molecule has 0 saturated heterocycles. The predicted molar refractivity (Wildman–Crippen MR) is 58.3 cm³/mol. The van der Waals surface area contributed by atoms with E-state index in [2.05, 4.69) is 0 Å². The van der Waals surface area contributed by atoms with Crippen molar-refractivity contribution in [2.75, 3.05) is 0 Å². The number of ether oxygens (including phenoxy) is 1. The van der Waals surface area contributed by atoms with E-state index in [0.717, 1.165) is 6.42 Å². The van der Waals surface area contributed by atoms with Crippen LogP contribution in [0.25, 0.3) is 0 Å². The monoisotopic (exact) mass is 222 g/mol. The van der Waals surface area contributed by atoms with Crippen molar-refractivity contribution in [1.82, 2.24) is 0 Å². The van der Waals surface area contributed by atoms with Crippen LogP contribution in [0.4, 0.5) is 0 Å². The molecular weight excluding hydrogens is 196 g/mol. The summed E-state index contributed by atoms with van der Waals surface area (Å²) in [6.45, 7) is 1.33. The summed E-state index contributed by atoms with van der Waals surface area (Å²) < 4.78 is 26.9. The zero-order valence-electron chi connectivity index (χ0n) is 11.5. The van der Waals surface area contributed by atoms with Crippen molar-refractivity contribution in [2.24, 2.45) is 5.92 Å². The van der Waals surface area contributed by atoms with E-state index in [0.29, 0.717) is 25.3 Å². The second kappa shape index (κ2) is 5.51. The fraction of sp³-hybridized carbons (Fsp3) is 0.900. The molecule has 1 aliphatic carbocycles. The molecular formula is C10H20O3Si. The van der Waals surface area contributed by atoms with Crippen LogP contribution in [-0.4, -0.2) is 37.0 Å². The van der Waals surface area contributed by atoms with Gasteiger partial charge in [0.25, 0.3) is 0 Å². The molecule has 0 aromatic heterocycles. The third kappa shape index (κ3) is 3.42. The van der Waals surface area contributed by atoms with Crippen LogP contribution in [-0.2, 0) is 9.53 Å². The maximum absolute atomic E-state index is 10.9. The van der Waals surface area contributed by atoms with E-state index >= 15 is 0 Å². The van der Waals surface area contributed by atoms with Crippen molar-refractivity contribution in [3.8, 4) is 0 Å². The molecule has 1 aliphatic rings. The molecule has 0 aromatic rings. The van der Waals surface area contributed by atoms with Crippen LogP contribution in [0.2, 0.25) is 6.04 Å². The van der Waals surface area contributed by atoms with Gasteiger partial charge in [0.05, 0.1) is 6.10 Å². The lowest BCUT2D eigenvalue weighted by atomic mass is 9.84. The maximum Gasteiger partial charge on any atom is 0.302 e. The molecule has 1 N–H and O–H groups in total. The zero-order chi connectivity index (χ0) is 13.1. The van der Waals surface area contributed by atoms with Crippen LogP contribution in [0.15, 0.2) is 0 Å².